The molecule has 0 spiro atoms. The summed E-state index contributed by atoms with van der Waals surface area (Å²) in [5.74, 6) is 2.28. The molecule has 0 bridgehead atoms. The molecule has 0 saturated heterocycles. The average Bonchev–Trinajstić information content (AvgIpc) is 3.23. The van der Waals surface area contributed by atoms with Gasteiger partial charge >= 0.3 is 5.97 Å². The number of nitrogens with zero attached hydrogens (tertiary/aromatic N) is 4. The Morgan fingerprint density at radius 2 is 1.88 bits per heavy atom. The van der Waals surface area contributed by atoms with Gasteiger partial charge < -0.3 is 4.74 Å². The fourth-order valence-corrected chi connectivity index (χ4v) is 5.17. The minimum absolute atomic E-state index is 0.00576. The van der Waals surface area contributed by atoms with Crippen LogP contribution < -0.4 is 0 Å². The zero-order chi connectivity index (χ0) is 22.5. The van der Waals surface area contributed by atoms with Crippen molar-refractivity contribution in [3.05, 3.63) is 54.9 Å². The van der Waals surface area contributed by atoms with Crippen LogP contribution in [0.3, 0.4) is 0 Å². The molecule has 1 aromatic carbocycles. The maximum Gasteiger partial charge on any atom is 0.316 e. The molecule has 1 aliphatic rings. The lowest BCUT2D eigenvalue weighted by atomic mass is 9.75. The van der Waals surface area contributed by atoms with Crippen LogP contribution in [0.25, 0.3) is 17.1 Å². The quantitative estimate of drug-likeness (QED) is 0.353. The number of carbonyl (C=O) groups excluding carboxylic acids is 1. The van der Waals surface area contributed by atoms with Crippen LogP contribution in [0.4, 0.5) is 0 Å². The smallest absolute Gasteiger partial charge is 0.316 e. The van der Waals surface area contributed by atoms with Crippen molar-refractivity contribution in [2.24, 2.45) is 17.8 Å². The van der Waals surface area contributed by atoms with Crippen molar-refractivity contribution in [1.29, 1.82) is 0 Å². The van der Waals surface area contributed by atoms with E-state index in [9.17, 15) is 4.79 Å². The fourth-order valence-electron chi connectivity index (χ4n) is 4.44. The van der Waals surface area contributed by atoms with Crippen molar-refractivity contribution in [2.75, 3.05) is 5.75 Å². The summed E-state index contributed by atoms with van der Waals surface area (Å²) in [5, 5.41) is 9.47. The Hall–Kier alpha value is -2.67. The Morgan fingerprint density at radius 3 is 2.59 bits per heavy atom. The Morgan fingerprint density at radius 1 is 1.12 bits per heavy atom. The third-order valence-electron chi connectivity index (χ3n) is 6.15. The molecule has 0 aliphatic heterocycles. The highest BCUT2D eigenvalue weighted by atomic mass is 32.2. The summed E-state index contributed by atoms with van der Waals surface area (Å²) in [6, 6.07) is 13.8. The molecule has 2 aromatic heterocycles. The van der Waals surface area contributed by atoms with E-state index in [1.165, 1.54) is 18.2 Å². The van der Waals surface area contributed by atoms with E-state index in [1.807, 2.05) is 47.0 Å². The van der Waals surface area contributed by atoms with E-state index in [0.717, 1.165) is 29.9 Å². The van der Waals surface area contributed by atoms with Crippen LogP contribution in [0.2, 0.25) is 0 Å². The van der Waals surface area contributed by atoms with Crippen LogP contribution in [0.1, 0.15) is 40.0 Å². The van der Waals surface area contributed by atoms with E-state index in [-0.39, 0.29) is 17.8 Å². The van der Waals surface area contributed by atoms with Crippen LogP contribution in [0.5, 0.6) is 0 Å². The molecule has 4 rings (SSSR count). The number of para-hydroxylation sites is 1. The van der Waals surface area contributed by atoms with E-state index in [0.29, 0.717) is 22.9 Å². The molecule has 1 saturated carbocycles. The number of ether oxygens (including phenoxy) is 1. The van der Waals surface area contributed by atoms with Crippen LogP contribution in [-0.4, -0.2) is 37.6 Å². The Kier molecular flexibility index (Phi) is 7.25. The Balaban J connectivity index is 1.51. The Bertz CT molecular complexity index is 1020. The number of carbonyl (C=O) groups is 1. The first-order chi connectivity index (χ1) is 15.5. The van der Waals surface area contributed by atoms with E-state index in [2.05, 4.69) is 36.0 Å². The second-order valence-electron chi connectivity index (χ2n) is 8.86. The lowest BCUT2D eigenvalue weighted by molar-refractivity contribution is -0.152. The van der Waals surface area contributed by atoms with E-state index in [1.54, 1.807) is 12.4 Å². The molecule has 32 heavy (non-hydrogen) atoms. The van der Waals surface area contributed by atoms with Gasteiger partial charge in [0.2, 0.25) is 0 Å². The monoisotopic (exact) mass is 450 g/mol. The maximum absolute atomic E-state index is 12.8. The van der Waals surface area contributed by atoms with E-state index in [4.69, 9.17) is 4.74 Å². The third kappa shape index (κ3) is 5.21. The first-order valence-corrected chi connectivity index (χ1v) is 12.2. The Labute approximate surface area is 193 Å². The number of pyridine rings is 1. The minimum atomic E-state index is -0.187. The predicted octanol–water partition coefficient (Wildman–Crippen LogP) is 5.43. The van der Waals surface area contributed by atoms with Gasteiger partial charge in [0.1, 0.15) is 6.10 Å². The standard InChI is InChI=1S/C25H30N4O2S/c1-17(2)21-10-9-18(3)15-22(21)31-23(30)16-32-25-28-27-24(19-11-13-26-14-12-19)29(25)20-7-5-4-6-8-20/h4-8,11-14,17-18,21-22H,9-10,15-16H2,1-3H3/t18-,21+,22-/m1/s1. The predicted molar refractivity (Wildman–Crippen MR) is 127 cm³/mol. The summed E-state index contributed by atoms with van der Waals surface area (Å²) in [4.78, 5) is 16.9. The first-order valence-electron chi connectivity index (χ1n) is 11.3. The van der Waals surface area contributed by atoms with Gasteiger partial charge in [-0.2, -0.15) is 0 Å². The highest BCUT2D eigenvalue weighted by molar-refractivity contribution is 7.99. The number of hydrogen-bond donors (Lipinski definition) is 0. The minimum Gasteiger partial charge on any atom is -0.461 e. The van der Waals surface area contributed by atoms with Gasteiger partial charge in [0.25, 0.3) is 0 Å². The highest BCUT2D eigenvalue weighted by Gasteiger charge is 2.33. The maximum atomic E-state index is 12.8. The van der Waals surface area contributed by atoms with Gasteiger partial charge in [0.15, 0.2) is 11.0 Å². The van der Waals surface area contributed by atoms with Crippen molar-refractivity contribution >= 4 is 17.7 Å². The summed E-state index contributed by atoms with van der Waals surface area (Å²) in [6.45, 7) is 6.69. The number of esters is 1. The number of benzene rings is 1. The number of hydrogen-bond acceptors (Lipinski definition) is 6. The molecule has 0 amide bonds. The summed E-state index contributed by atoms with van der Waals surface area (Å²) in [7, 11) is 0. The molecule has 1 fully saturated rings. The summed E-state index contributed by atoms with van der Waals surface area (Å²) in [6.07, 6.45) is 6.77. The second-order valence-corrected chi connectivity index (χ2v) is 9.80. The van der Waals surface area contributed by atoms with Gasteiger partial charge in [-0.25, -0.2) is 0 Å². The molecule has 1 aliphatic carbocycles. The second kappa shape index (κ2) is 10.3. The molecule has 3 aromatic rings. The first kappa shape index (κ1) is 22.5. The molecule has 3 atom stereocenters. The zero-order valence-electron chi connectivity index (χ0n) is 18.8. The fraction of sp³-hybridized carbons (Fsp3) is 0.440. The lowest BCUT2D eigenvalue weighted by Gasteiger charge is -2.36. The SMILES string of the molecule is CC(C)[C@@H]1CC[C@@H](C)C[C@H]1OC(=O)CSc1nnc(-c2ccncc2)n1-c1ccccc1. The van der Waals surface area contributed by atoms with Crippen LogP contribution in [-0.2, 0) is 9.53 Å². The molecular weight excluding hydrogens is 420 g/mol. The highest BCUT2D eigenvalue weighted by Crippen LogP contribution is 2.36. The average molecular weight is 451 g/mol. The van der Waals surface area contributed by atoms with Crippen molar-refractivity contribution in [2.45, 2.75) is 51.3 Å². The van der Waals surface area contributed by atoms with Crippen molar-refractivity contribution < 1.29 is 9.53 Å². The molecule has 2 heterocycles. The molecule has 0 radical (unpaired) electrons. The van der Waals surface area contributed by atoms with Gasteiger partial charge in [-0.1, -0.05) is 57.2 Å². The van der Waals surface area contributed by atoms with E-state index >= 15 is 0 Å². The number of rotatable bonds is 7. The summed E-state index contributed by atoms with van der Waals surface area (Å²) < 4.78 is 7.95. The van der Waals surface area contributed by atoms with Crippen LogP contribution >= 0.6 is 11.8 Å². The third-order valence-corrected chi connectivity index (χ3v) is 7.05. The van der Waals surface area contributed by atoms with Gasteiger partial charge in [-0.15, -0.1) is 10.2 Å². The van der Waals surface area contributed by atoms with Crippen molar-refractivity contribution in [3.8, 4) is 17.1 Å². The summed E-state index contributed by atoms with van der Waals surface area (Å²) >= 11 is 1.36. The number of thioether (sulfide) groups is 1. The van der Waals surface area contributed by atoms with Crippen LogP contribution in [0.15, 0.2) is 60.0 Å². The molecule has 6 nitrogen and oxygen atoms in total. The molecule has 7 heteroatoms. The normalized spacial score (nSPS) is 20.9. The molecule has 0 N–H and O–H groups in total. The zero-order valence-corrected chi connectivity index (χ0v) is 19.7. The lowest BCUT2D eigenvalue weighted by Crippen LogP contribution is -2.36. The van der Waals surface area contributed by atoms with Gasteiger partial charge in [-0.05, 0) is 54.9 Å². The molecule has 0 unspecified atom stereocenters. The van der Waals surface area contributed by atoms with Gasteiger partial charge in [-0.3, -0.25) is 14.3 Å². The van der Waals surface area contributed by atoms with Gasteiger partial charge in [0.05, 0.1) is 5.75 Å². The van der Waals surface area contributed by atoms with E-state index < -0.39 is 0 Å². The van der Waals surface area contributed by atoms with Crippen molar-refractivity contribution in [3.63, 3.8) is 0 Å². The largest absolute Gasteiger partial charge is 0.461 e. The molecular formula is C25H30N4O2S. The summed E-state index contributed by atoms with van der Waals surface area (Å²) in [5.41, 5.74) is 1.86. The molecule has 168 valence electrons. The van der Waals surface area contributed by atoms with Crippen molar-refractivity contribution in [1.82, 2.24) is 19.7 Å². The topological polar surface area (TPSA) is 69.9 Å². The van der Waals surface area contributed by atoms with Gasteiger partial charge in [0, 0.05) is 23.6 Å². The number of aromatic nitrogens is 4. The van der Waals surface area contributed by atoms with Crippen LogP contribution in [0, 0.1) is 17.8 Å².